The van der Waals surface area contributed by atoms with Crippen molar-refractivity contribution in [3.8, 4) is 0 Å². The smallest absolute Gasteiger partial charge is 0.243 e. The Hall–Kier alpha value is -2.80. The molecule has 4 atom stereocenters. The zero-order valence-electron chi connectivity index (χ0n) is 19.6. The van der Waals surface area contributed by atoms with E-state index in [-0.39, 0.29) is 9.85 Å². The Labute approximate surface area is 189 Å². The SMILES string of the molecule is CC(C)c1ccc(C2NC(c3ccc(C(C)C)cc3)C([N+](=O)[O-])C(C)(C)C2[N+](=O)[O-])cc1. The summed E-state index contributed by atoms with van der Waals surface area (Å²) in [6.45, 7) is 11.7. The summed E-state index contributed by atoms with van der Waals surface area (Å²) < 4.78 is 0. The molecule has 0 saturated carbocycles. The summed E-state index contributed by atoms with van der Waals surface area (Å²) in [7, 11) is 0. The molecule has 3 rings (SSSR count). The lowest BCUT2D eigenvalue weighted by atomic mass is 9.66. The molecule has 32 heavy (non-hydrogen) atoms. The number of nitrogens with one attached hydrogen (secondary N) is 1. The van der Waals surface area contributed by atoms with Crippen molar-refractivity contribution >= 4 is 0 Å². The van der Waals surface area contributed by atoms with Crippen LogP contribution in [0.5, 0.6) is 0 Å². The molecule has 0 spiro atoms. The van der Waals surface area contributed by atoms with Crippen LogP contribution in [-0.2, 0) is 0 Å². The van der Waals surface area contributed by atoms with Crippen LogP contribution >= 0.6 is 0 Å². The minimum absolute atomic E-state index is 0.345. The van der Waals surface area contributed by atoms with E-state index in [9.17, 15) is 20.2 Å². The fourth-order valence-electron chi connectivity index (χ4n) is 4.93. The molecule has 0 amide bonds. The molecule has 0 radical (unpaired) electrons. The number of hydrogen-bond donors (Lipinski definition) is 1. The molecule has 1 fully saturated rings. The molecule has 1 N–H and O–H groups in total. The largest absolute Gasteiger partial charge is 0.291 e. The first-order valence-corrected chi connectivity index (χ1v) is 11.2. The molecule has 172 valence electrons. The third-order valence-electron chi connectivity index (χ3n) is 6.89. The topological polar surface area (TPSA) is 98.3 Å². The van der Waals surface area contributed by atoms with Gasteiger partial charge in [-0.2, -0.15) is 0 Å². The van der Waals surface area contributed by atoms with Crippen molar-refractivity contribution in [2.24, 2.45) is 5.41 Å². The normalized spacial score (nSPS) is 25.1. The zero-order valence-corrected chi connectivity index (χ0v) is 19.6. The summed E-state index contributed by atoms with van der Waals surface area (Å²) in [4.78, 5) is 23.7. The minimum Gasteiger partial charge on any atom is -0.291 e. The zero-order chi connectivity index (χ0) is 23.8. The van der Waals surface area contributed by atoms with Crippen molar-refractivity contribution in [1.29, 1.82) is 0 Å². The predicted octanol–water partition coefficient (Wildman–Crippen LogP) is 5.64. The van der Waals surface area contributed by atoms with Crippen molar-refractivity contribution in [1.82, 2.24) is 5.32 Å². The lowest BCUT2D eigenvalue weighted by Crippen LogP contribution is -2.63. The first-order valence-electron chi connectivity index (χ1n) is 11.2. The van der Waals surface area contributed by atoms with Crippen molar-refractivity contribution in [2.45, 2.75) is 77.5 Å². The van der Waals surface area contributed by atoms with Gasteiger partial charge in [0.1, 0.15) is 17.5 Å². The van der Waals surface area contributed by atoms with Crippen molar-refractivity contribution in [3.05, 3.63) is 91.0 Å². The molecule has 1 heterocycles. The molecular formula is C25H33N3O4. The van der Waals surface area contributed by atoms with Gasteiger partial charge in [0.2, 0.25) is 12.1 Å². The average Bonchev–Trinajstić information content (AvgIpc) is 2.71. The van der Waals surface area contributed by atoms with Gasteiger partial charge in [0.15, 0.2) is 0 Å². The highest BCUT2D eigenvalue weighted by Gasteiger charge is 2.62. The third kappa shape index (κ3) is 4.39. The number of nitrogens with zero attached hydrogens (tertiary/aromatic N) is 2. The van der Waals surface area contributed by atoms with E-state index in [2.05, 4.69) is 33.0 Å². The predicted molar refractivity (Wildman–Crippen MR) is 125 cm³/mol. The van der Waals surface area contributed by atoms with Gasteiger partial charge in [0, 0.05) is 9.85 Å². The number of rotatable bonds is 6. The Balaban J connectivity index is 2.10. The van der Waals surface area contributed by atoms with Gasteiger partial charge in [0.05, 0.1) is 0 Å². The Morgan fingerprint density at radius 3 is 1.28 bits per heavy atom. The summed E-state index contributed by atoms with van der Waals surface area (Å²) in [5.41, 5.74) is 2.65. The van der Waals surface area contributed by atoms with Crippen molar-refractivity contribution in [3.63, 3.8) is 0 Å². The number of piperidine rings is 1. The van der Waals surface area contributed by atoms with Gasteiger partial charge < -0.3 is 0 Å². The van der Waals surface area contributed by atoms with E-state index in [1.54, 1.807) is 13.8 Å². The number of nitro groups is 2. The molecule has 7 heteroatoms. The van der Waals surface area contributed by atoms with Gasteiger partial charge in [-0.3, -0.25) is 25.5 Å². The fourth-order valence-corrected chi connectivity index (χ4v) is 4.93. The second-order valence-corrected chi connectivity index (χ2v) is 10.0. The van der Waals surface area contributed by atoms with Gasteiger partial charge in [0.25, 0.3) is 0 Å². The molecule has 7 nitrogen and oxygen atoms in total. The molecule has 1 saturated heterocycles. The van der Waals surface area contributed by atoms with E-state index >= 15 is 0 Å². The average molecular weight is 440 g/mol. The lowest BCUT2D eigenvalue weighted by Gasteiger charge is -2.44. The third-order valence-corrected chi connectivity index (χ3v) is 6.89. The van der Waals surface area contributed by atoms with Crippen LogP contribution in [0.4, 0.5) is 0 Å². The Bertz CT molecular complexity index is 890. The van der Waals surface area contributed by atoms with Crippen LogP contribution in [0, 0.1) is 25.6 Å². The maximum atomic E-state index is 12.2. The number of benzene rings is 2. The van der Waals surface area contributed by atoms with Crippen LogP contribution in [0.2, 0.25) is 0 Å². The van der Waals surface area contributed by atoms with Crippen LogP contribution in [0.3, 0.4) is 0 Å². The molecular weight excluding hydrogens is 406 g/mol. The van der Waals surface area contributed by atoms with E-state index in [0.29, 0.717) is 11.8 Å². The van der Waals surface area contributed by atoms with Crippen molar-refractivity contribution in [2.75, 3.05) is 0 Å². The Morgan fingerprint density at radius 2 is 1.03 bits per heavy atom. The van der Waals surface area contributed by atoms with Crippen LogP contribution in [0.1, 0.15) is 87.7 Å². The molecule has 1 aliphatic heterocycles. The molecule has 1 aliphatic rings. The van der Waals surface area contributed by atoms with E-state index in [4.69, 9.17) is 0 Å². The summed E-state index contributed by atoms with van der Waals surface area (Å²) in [6, 6.07) is 12.0. The standard InChI is InChI=1S/C25H33N3O4/c1-15(2)17-7-11-19(12-8-17)21-23(27(29)30)25(5,6)24(28(31)32)22(26-21)20-13-9-18(10-14-20)16(3)4/h7-16,21-24,26H,1-6H3. The second kappa shape index (κ2) is 8.98. The molecule has 2 aromatic rings. The summed E-state index contributed by atoms with van der Waals surface area (Å²) in [5, 5.41) is 27.7. The summed E-state index contributed by atoms with van der Waals surface area (Å²) >= 11 is 0. The molecule has 0 aromatic heterocycles. The van der Waals surface area contributed by atoms with Crippen LogP contribution in [-0.4, -0.2) is 21.9 Å². The highest BCUT2D eigenvalue weighted by Crippen LogP contribution is 2.47. The second-order valence-electron chi connectivity index (χ2n) is 10.0. The van der Waals surface area contributed by atoms with E-state index in [1.807, 2.05) is 48.5 Å². The van der Waals surface area contributed by atoms with Crippen LogP contribution in [0.15, 0.2) is 48.5 Å². The Kier molecular flexibility index (Phi) is 6.69. The van der Waals surface area contributed by atoms with Gasteiger partial charge in [-0.1, -0.05) is 76.2 Å². The monoisotopic (exact) mass is 439 g/mol. The minimum atomic E-state index is -1.18. The molecule has 4 unspecified atom stereocenters. The first kappa shape index (κ1) is 23.9. The van der Waals surface area contributed by atoms with E-state index in [1.165, 1.54) is 0 Å². The van der Waals surface area contributed by atoms with Crippen LogP contribution in [0.25, 0.3) is 0 Å². The molecule has 0 aliphatic carbocycles. The van der Waals surface area contributed by atoms with Crippen LogP contribution < -0.4 is 5.32 Å². The fraction of sp³-hybridized carbons (Fsp3) is 0.520. The maximum absolute atomic E-state index is 12.2. The highest BCUT2D eigenvalue weighted by atomic mass is 16.6. The van der Waals surface area contributed by atoms with Gasteiger partial charge in [-0.05, 0) is 47.9 Å². The molecule has 0 bridgehead atoms. The summed E-state index contributed by atoms with van der Waals surface area (Å²) in [6.07, 6.45) is 0. The van der Waals surface area contributed by atoms with E-state index < -0.39 is 29.6 Å². The quantitative estimate of drug-likeness (QED) is 0.464. The molecule has 2 aromatic carbocycles. The van der Waals surface area contributed by atoms with Gasteiger partial charge in [-0.15, -0.1) is 0 Å². The van der Waals surface area contributed by atoms with Gasteiger partial charge in [-0.25, -0.2) is 0 Å². The van der Waals surface area contributed by atoms with E-state index in [0.717, 1.165) is 22.3 Å². The Morgan fingerprint density at radius 1 is 0.719 bits per heavy atom. The maximum Gasteiger partial charge on any atom is 0.243 e. The van der Waals surface area contributed by atoms with Crippen molar-refractivity contribution < 1.29 is 9.85 Å². The highest BCUT2D eigenvalue weighted by molar-refractivity contribution is 5.33. The van der Waals surface area contributed by atoms with Gasteiger partial charge >= 0.3 is 0 Å². The lowest BCUT2D eigenvalue weighted by molar-refractivity contribution is -0.605. The summed E-state index contributed by atoms with van der Waals surface area (Å²) in [5.74, 6) is 0.689. The number of hydrogen-bond acceptors (Lipinski definition) is 5. The first-order chi connectivity index (χ1) is 14.9.